The summed E-state index contributed by atoms with van der Waals surface area (Å²) in [6, 6.07) is 10.3. The number of benzene rings is 1. The van der Waals surface area contributed by atoms with Crippen LogP contribution in [0.5, 0.6) is 0 Å². The Morgan fingerprint density at radius 2 is 2.15 bits per heavy atom. The van der Waals surface area contributed by atoms with Gasteiger partial charge >= 0.3 is 0 Å². The van der Waals surface area contributed by atoms with Gasteiger partial charge in [-0.2, -0.15) is 5.26 Å². The second-order valence-corrected chi connectivity index (χ2v) is 7.55. The van der Waals surface area contributed by atoms with E-state index in [9.17, 15) is 0 Å². The molecule has 2 N–H and O–H groups in total. The van der Waals surface area contributed by atoms with Crippen LogP contribution in [-0.4, -0.2) is 43.1 Å². The molecule has 1 aromatic carbocycles. The van der Waals surface area contributed by atoms with Gasteiger partial charge in [-0.05, 0) is 49.8 Å². The molecule has 1 aliphatic heterocycles. The monoisotopic (exact) mass is 353 g/mol. The van der Waals surface area contributed by atoms with Crippen molar-refractivity contribution in [3.8, 4) is 6.07 Å². The Hall–Kier alpha value is -2.06. The Labute approximate surface area is 157 Å². The molecule has 1 saturated carbocycles. The molecule has 1 aromatic rings. The number of likely N-dealkylation sites (tertiary alicyclic amines) is 1. The zero-order valence-electron chi connectivity index (χ0n) is 15.9. The number of aliphatic imine (C=N–C) groups is 1. The van der Waals surface area contributed by atoms with Gasteiger partial charge in [0.05, 0.1) is 18.2 Å². The van der Waals surface area contributed by atoms with Crippen LogP contribution in [0.2, 0.25) is 0 Å². The third kappa shape index (κ3) is 5.47. The number of nitriles is 1. The molecule has 1 heterocycles. The fourth-order valence-electron chi connectivity index (χ4n) is 4.10. The van der Waals surface area contributed by atoms with E-state index in [-0.39, 0.29) is 0 Å². The molecule has 1 atom stereocenters. The summed E-state index contributed by atoms with van der Waals surface area (Å²) < 4.78 is 0. The number of guanidine groups is 1. The molecule has 1 unspecified atom stereocenters. The van der Waals surface area contributed by atoms with Crippen molar-refractivity contribution in [2.24, 2.45) is 10.9 Å². The Morgan fingerprint density at radius 1 is 1.31 bits per heavy atom. The Balaban J connectivity index is 1.52. The third-order valence-electron chi connectivity index (χ3n) is 5.42. The van der Waals surface area contributed by atoms with E-state index in [2.05, 4.69) is 28.5 Å². The molecule has 0 spiro atoms. The van der Waals surface area contributed by atoms with Gasteiger partial charge < -0.3 is 15.5 Å². The van der Waals surface area contributed by atoms with Crippen molar-refractivity contribution in [2.45, 2.75) is 51.6 Å². The fourth-order valence-corrected chi connectivity index (χ4v) is 4.10. The smallest absolute Gasteiger partial charge is 0.191 e. The van der Waals surface area contributed by atoms with E-state index in [0.29, 0.717) is 18.2 Å². The minimum absolute atomic E-state index is 0.472. The van der Waals surface area contributed by atoms with Crippen LogP contribution >= 0.6 is 0 Å². The normalized spacial score (nSPS) is 21.7. The predicted octanol–water partition coefficient (Wildman–Crippen LogP) is 2.88. The first kappa shape index (κ1) is 18.7. The highest BCUT2D eigenvalue weighted by Gasteiger charge is 2.26. The Morgan fingerprint density at radius 3 is 2.92 bits per heavy atom. The lowest BCUT2D eigenvalue weighted by atomic mass is 10.1. The van der Waals surface area contributed by atoms with Crippen molar-refractivity contribution in [1.29, 1.82) is 5.26 Å². The summed E-state index contributed by atoms with van der Waals surface area (Å²) in [5.74, 6) is 1.80. The number of hydrogen-bond donors (Lipinski definition) is 2. The summed E-state index contributed by atoms with van der Waals surface area (Å²) in [5, 5.41) is 16.0. The van der Waals surface area contributed by atoms with E-state index in [1.54, 1.807) is 0 Å². The molecule has 2 aliphatic rings. The molecule has 1 aliphatic carbocycles. The van der Waals surface area contributed by atoms with Gasteiger partial charge in [0.25, 0.3) is 0 Å². The molecule has 0 bridgehead atoms. The van der Waals surface area contributed by atoms with Crippen molar-refractivity contribution >= 4 is 5.96 Å². The molecular formula is C21H31N5. The lowest BCUT2D eigenvalue weighted by molar-refractivity contribution is 0.275. The van der Waals surface area contributed by atoms with Gasteiger partial charge in [0.2, 0.25) is 0 Å². The zero-order valence-corrected chi connectivity index (χ0v) is 15.9. The van der Waals surface area contributed by atoms with Crippen molar-refractivity contribution in [2.75, 3.05) is 26.2 Å². The summed E-state index contributed by atoms with van der Waals surface area (Å²) in [6.45, 7) is 7.11. The average molecular weight is 354 g/mol. The maximum Gasteiger partial charge on any atom is 0.191 e. The van der Waals surface area contributed by atoms with Gasteiger partial charge in [-0.3, -0.25) is 0 Å². The van der Waals surface area contributed by atoms with Gasteiger partial charge in [0.15, 0.2) is 5.96 Å². The summed E-state index contributed by atoms with van der Waals surface area (Å²) >= 11 is 0. The lowest BCUT2D eigenvalue weighted by Gasteiger charge is -2.21. The predicted molar refractivity (Wildman–Crippen MR) is 106 cm³/mol. The Bertz CT molecular complexity index is 642. The molecule has 0 radical (unpaired) electrons. The summed E-state index contributed by atoms with van der Waals surface area (Å²) in [6.07, 6.45) is 6.86. The van der Waals surface area contributed by atoms with Crippen LogP contribution in [0, 0.1) is 17.2 Å². The van der Waals surface area contributed by atoms with E-state index in [1.165, 1.54) is 45.2 Å². The number of hydrogen-bond acceptors (Lipinski definition) is 3. The van der Waals surface area contributed by atoms with Crippen LogP contribution in [0.15, 0.2) is 29.3 Å². The molecule has 3 rings (SSSR count). The van der Waals surface area contributed by atoms with Crippen LogP contribution in [0.25, 0.3) is 0 Å². The second kappa shape index (κ2) is 9.59. The molecule has 2 fully saturated rings. The number of nitrogens with zero attached hydrogens (tertiary/aromatic N) is 3. The first-order valence-electron chi connectivity index (χ1n) is 10.0. The summed E-state index contributed by atoms with van der Waals surface area (Å²) in [4.78, 5) is 7.34. The highest BCUT2D eigenvalue weighted by molar-refractivity contribution is 5.80. The first-order valence-corrected chi connectivity index (χ1v) is 10.0. The molecule has 5 nitrogen and oxygen atoms in total. The fraction of sp³-hybridized carbons (Fsp3) is 0.619. The second-order valence-electron chi connectivity index (χ2n) is 7.55. The van der Waals surface area contributed by atoms with Gasteiger partial charge in [-0.25, -0.2) is 4.99 Å². The van der Waals surface area contributed by atoms with E-state index in [0.717, 1.165) is 30.5 Å². The first-order chi connectivity index (χ1) is 12.8. The van der Waals surface area contributed by atoms with Crippen molar-refractivity contribution in [3.05, 3.63) is 35.4 Å². The van der Waals surface area contributed by atoms with Crippen molar-refractivity contribution in [1.82, 2.24) is 15.5 Å². The topological polar surface area (TPSA) is 63.5 Å². The standard InChI is InChI=1S/C21H31N5/c1-2-23-21(24-14-19-9-5-8-18(12-19)13-22)25-20-10-11-26(16-20)15-17-6-3-4-7-17/h5,8-9,12,17,20H,2-4,6-7,10-11,14-16H2,1H3,(H2,23,24,25). The van der Waals surface area contributed by atoms with Crippen LogP contribution in [-0.2, 0) is 6.54 Å². The van der Waals surface area contributed by atoms with Gasteiger partial charge in [-0.1, -0.05) is 25.0 Å². The third-order valence-corrected chi connectivity index (χ3v) is 5.42. The molecular weight excluding hydrogens is 322 g/mol. The molecule has 26 heavy (non-hydrogen) atoms. The maximum atomic E-state index is 9.03. The van der Waals surface area contributed by atoms with E-state index >= 15 is 0 Å². The largest absolute Gasteiger partial charge is 0.357 e. The zero-order chi connectivity index (χ0) is 18.2. The Kier molecular flexibility index (Phi) is 6.90. The molecule has 0 aromatic heterocycles. The molecule has 0 amide bonds. The van der Waals surface area contributed by atoms with Gasteiger partial charge in [0, 0.05) is 32.2 Å². The summed E-state index contributed by atoms with van der Waals surface area (Å²) in [7, 11) is 0. The SMILES string of the molecule is CCNC(=NCc1cccc(C#N)c1)NC1CCN(CC2CCCC2)C1. The average Bonchev–Trinajstić information content (AvgIpc) is 3.33. The van der Waals surface area contributed by atoms with Crippen molar-refractivity contribution < 1.29 is 0 Å². The van der Waals surface area contributed by atoms with E-state index in [4.69, 9.17) is 10.3 Å². The van der Waals surface area contributed by atoms with Crippen molar-refractivity contribution in [3.63, 3.8) is 0 Å². The minimum Gasteiger partial charge on any atom is -0.357 e. The highest BCUT2D eigenvalue weighted by Crippen LogP contribution is 2.26. The van der Waals surface area contributed by atoms with Crippen LogP contribution in [0.3, 0.4) is 0 Å². The highest BCUT2D eigenvalue weighted by atomic mass is 15.2. The van der Waals surface area contributed by atoms with Crippen LogP contribution < -0.4 is 10.6 Å². The molecule has 5 heteroatoms. The lowest BCUT2D eigenvalue weighted by Crippen LogP contribution is -2.44. The number of nitrogens with one attached hydrogen (secondary N) is 2. The maximum absolute atomic E-state index is 9.03. The quantitative estimate of drug-likeness (QED) is 0.610. The van der Waals surface area contributed by atoms with Gasteiger partial charge in [0.1, 0.15) is 0 Å². The van der Waals surface area contributed by atoms with Crippen LogP contribution in [0.4, 0.5) is 0 Å². The molecule has 140 valence electrons. The number of rotatable bonds is 6. The minimum atomic E-state index is 0.472. The van der Waals surface area contributed by atoms with Crippen LogP contribution in [0.1, 0.15) is 50.2 Å². The summed E-state index contributed by atoms with van der Waals surface area (Å²) in [5.41, 5.74) is 1.75. The van der Waals surface area contributed by atoms with E-state index < -0.39 is 0 Å². The van der Waals surface area contributed by atoms with E-state index in [1.807, 2.05) is 24.3 Å². The van der Waals surface area contributed by atoms with Gasteiger partial charge in [-0.15, -0.1) is 0 Å². The molecule has 1 saturated heterocycles.